The maximum Gasteiger partial charge on any atom is 0.224 e. The van der Waals surface area contributed by atoms with Crippen molar-refractivity contribution in [3.8, 4) is 0 Å². The van der Waals surface area contributed by atoms with Gasteiger partial charge < -0.3 is 21.1 Å². The molecule has 0 radical (unpaired) electrons. The smallest absolute Gasteiger partial charge is 0.224 e. The van der Waals surface area contributed by atoms with Crippen LogP contribution in [0.1, 0.15) is 19.8 Å². The lowest BCUT2D eigenvalue weighted by atomic mass is 9.98. The molecule has 0 aromatic heterocycles. The van der Waals surface area contributed by atoms with Gasteiger partial charge in [-0.05, 0) is 13.3 Å². The summed E-state index contributed by atoms with van der Waals surface area (Å²) in [6, 6.07) is 0. The quantitative estimate of drug-likeness (QED) is 0.432. The SMILES string of the molecule is CC(O)CNCCNC(=O)C1CCC(=O)NC1. The second kappa shape index (κ2) is 7.24. The van der Waals surface area contributed by atoms with Crippen LogP contribution < -0.4 is 16.0 Å². The second-order valence-corrected chi connectivity index (χ2v) is 4.38. The summed E-state index contributed by atoms with van der Waals surface area (Å²) in [5, 5.41) is 17.5. The summed E-state index contributed by atoms with van der Waals surface area (Å²) < 4.78 is 0. The molecule has 2 atom stereocenters. The topological polar surface area (TPSA) is 90.5 Å². The Morgan fingerprint density at radius 3 is 2.94 bits per heavy atom. The van der Waals surface area contributed by atoms with Gasteiger partial charge in [0.05, 0.1) is 12.0 Å². The molecule has 6 heteroatoms. The molecular formula is C11H21N3O3. The molecule has 1 fully saturated rings. The molecule has 0 aromatic carbocycles. The van der Waals surface area contributed by atoms with E-state index in [9.17, 15) is 9.59 Å². The number of hydrogen-bond donors (Lipinski definition) is 4. The number of nitrogens with one attached hydrogen (secondary N) is 3. The van der Waals surface area contributed by atoms with Gasteiger partial charge in [-0.1, -0.05) is 0 Å². The lowest BCUT2D eigenvalue weighted by Crippen LogP contribution is -2.44. The maximum atomic E-state index is 11.7. The fraction of sp³-hybridized carbons (Fsp3) is 0.818. The predicted octanol–water partition coefficient (Wildman–Crippen LogP) is -1.40. The van der Waals surface area contributed by atoms with Crippen LogP contribution in [0.4, 0.5) is 0 Å². The van der Waals surface area contributed by atoms with E-state index in [0.717, 1.165) is 0 Å². The number of carbonyl (C=O) groups is 2. The minimum Gasteiger partial charge on any atom is -0.392 e. The zero-order valence-electron chi connectivity index (χ0n) is 10.2. The average molecular weight is 243 g/mol. The number of amides is 2. The van der Waals surface area contributed by atoms with Crippen molar-refractivity contribution >= 4 is 11.8 Å². The van der Waals surface area contributed by atoms with Gasteiger partial charge in [0, 0.05) is 32.6 Å². The Morgan fingerprint density at radius 1 is 1.59 bits per heavy atom. The van der Waals surface area contributed by atoms with Crippen LogP contribution in [0.25, 0.3) is 0 Å². The standard InChI is InChI=1S/C11H21N3O3/c1-8(15)6-12-4-5-13-11(17)9-2-3-10(16)14-7-9/h8-9,12,15H,2-7H2,1H3,(H,13,17)(H,14,16). The van der Waals surface area contributed by atoms with Gasteiger partial charge in [-0.2, -0.15) is 0 Å². The first kappa shape index (κ1) is 13.9. The highest BCUT2D eigenvalue weighted by Gasteiger charge is 2.23. The van der Waals surface area contributed by atoms with Crippen molar-refractivity contribution in [1.29, 1.82) is 0 Å². The number of aliphatic hydroxyl groups excluding tert-OH is 1. The van der Waals surface area contributed by atoms with Crippen LogP contribution in [-0.4, -0.2) is 49.2 Å². The number of hydrogen-bond acceptors (Lipinski definition) is 4. The van der Waals surface area contributed by atoms with Gasteiger partial charge in [-0.3, -0.25) is 9.59 Å². The van der Waals surface area contributed by atoms with Gasteiger partial charge in [0.1, 0.15) is 0 Å². The van der Waals surface area contributed by atoms with Crippen molar-refractivity contribution in [1.82, 2.24) is 16.0 Å². The first-order chi connectivity index (χ1) is 8.09. The minimum atomic E-state index is -0.376. The summed E-state index contributed by atoms with van der Waals surface area (Å²) in [6.45, 7) is 3.84. The minimum absolute atomic E-state index is 0.0103. The highest BCUT2D eigenvalue weighted by atomic mass is 16.3. The van der Waals surface area contributed by atoms with Gasteiger partial charge >= 0.3 is 0 Å². The van der Waals surface area contributed by atoms with Gasteiger partial charge in [0.2, 0.25) is 11.8 Å². The number of carbonyl (C=O) groups excluding carboxylic acids is 2. The summed E-state index contributed by atoms with van der Waals surface area (Å²) in [6.07, 6.45) is 0.677. The first-order valence-electron chi connectivity index (χ1n) is 6.02. The van der Waals surface area contributed by atoms with Crippen molar-refractivity contribution < 1.29 is 14.7 Å². The van der Waals surface area contributed by atoms with Crippen LogP contribution in [0.15, 0.2) is 0 Å². The van der Waals surface area contributed by atoms with E-state index in [1.165, 1.54) is 0 Å². The molecule has 0 aromatic rings. The third kappa shape index (κ3) is 5.65. The Kier molecular flexibility index (Phi) is 5.93. The van der Waals surface area contributed by atoms with E-state index in [1.807, 2.05) is 0 Å². The molecule has 1 aliphatic rings. The lowest BCUT2D eigenvalue weighted by Gasteiger charge is -2.21. The van der Waals surface area contributed by atoms with E-state index >= 15 is 0 Å². The summed E-state index contributed by atoms with van der Waals surface area (Å²) in [5.74, 6) is -0.0963. The summed E-state index contributed by atoms with van der Waals surface area (Å²) >= 11 is 0. The van der Waals surface area contributed by atoms with Crippen LogP contribution in [0.5, 0.6) is 0 Å². The van der Waals surface area contributed by atoms with Crippen LogP contribution >= 0.6 is 0 Å². The van der Waals surface area contributed by atoms with Crippen LogP contribution in [0.2, 0.25) is 0 Å². The van der Waals surface area contributed by atoms with E-state index in [0.29, 0.717) is 39.0 Å². The Hall–Kier alpha value is -1.14. The van der Waals surface area contributed by atoms with Crippen molar-refractivity contribution in [2.75, 3.05) is 26.2 Å². The zero-order chi connectivity index (χ0) is 12.7. The van der Waals surface area contributed by atoms with Crippen molar-refractivity contribution in [3.05, 3.63) is 0 Å². The highest BCUT2D eigenvalue weighted by molar-refractivity contribution is 5.83. The first-order valence-corrected chi connectivity index (χ1v) is 6.02. The Bertz CT molecular complexity index is 259. The third-order valence-electron chi connectivity index (χ3n) is 2.68. The molecule has 0 saturated carbocycles. The average Bonchev–Trinajstić information content (AvgIpc) is 2.29. The number of piperidine rings is 1. The highest BCUT2D eigenvalue weighted by Crippen LogP contribution is 2.10. The molecule has 17 heavy (non-hydrogen) atoms. The van der Waals surface area contributed by atoms with Gasteiger partial charge in [0.15, 0.2) is 0 Å². The molecule has 2 unspecified atom stereocenters. The monoisotopic (exact) mass is 243 g/mol. The Balaban J connectivity index is 2.06. The summed E-state index contributed by atoms with van der Waals surface area (Å²) in [7, 11) is 0. The molecule has 1 saturated heterocycles. The number of rotatable bonds is 6. The Morgan fingerprint density at radius 2 is 2.35 bits per heavy atom. The fourth-order valence-corrected chi connectivity index (χ4v) is 1.69. The summed E-state index contributed by atoms with van der Waals surface area (Å²) in [4.78, 5) is 22.6. The molecule has 2 amide bonds. The van der Waals surface area contributed by atoms with E-state index in [-0.39, 0.29) is 23.8 Å². The largest absolute Gasteiger partial charge is 0.392 e. The van der Waals surface area contributed by atoms with Crippen LogP contribution in [0.3, 0.4) is 0 Å². The third-order valence-corrected chi connectivity index (χ3v) is 2.68. The molecule has 1 rings (SSSR count). The molecule has 4 N–H and O–H groups in total. The molecule has 0 aliphatic carbocycles. The molecule has 1 heterocycles. The molecule has 0 spiro atoms. The van der Waals surface area contributed by atoms with E-state index < -0.39 is 0 Å². The lowest BCUT2D eigenvalue weighted by molar-refractivity contribution is -0.128. The zero-order valence-corrected chi connectivity index (χ0v) is 10.2. The normalized spacial score (nSPS) is 21.8. The van der Waals surface area contributed by atoms with Crippen molar-refractivity contribution in [2.24, 2.45) is 5.92 Å². The number of aliphatic hydroxyl groups is 1. The van der Waals surface area contributed by atoms with E-state index in [2.05, 4.69) is 16.0 Å². The summed E-state index contributed by atoms with van der Waals surface area (Å²) in [5.41, 5.74) is 0. The van der Waals surface area contributed by atoms with Gasteiger partial charge in [-0.15, -0.1) is 0 Å². The van der Waals surface area contributed by atoms with Gasteiger partial charge in [-0.25, -0.2) is 0 Å². The van der Waals surface area contributed by atoms with Crippen molar-refractivity contribution in [3.63, 3.8) is 0 Å². The van der Waals surface area contributed by atoms with Gasteiger partial charge in [0.25, 0.3) is 0 Å². The van der Waals surface area contributed by atoms with Crippen LogP contribution in [-0.2, 0) is 9.59 Å². The predicted molar refractivity (Wildman–Crippen MR) is 63.3 cm³/mol. The fourth-order valence-electron chi connectivity index (χ4n) is 1.69. The molecule has 6 nitrogen and oxygen atoms in total. The maximum absolute atomic E-state index is 11.7. The molecule has 1 aliphatic heterocycles. The Labute approximate surface area is 101 Å². The molecule has 0 bridgehead atoms. The van der Waals surface area contributed by atoms with E-state index in [4.69, 9.17) is 5.11 Å². The van der Waals surface area contributed by atoms with E-state index in [1.54, 1.807) is 6.92 Å². The molecular weight excluding hydrogens is 222 g/mol. The van der Waals surface area contributed by atoms with Crippen molar-refractivity contribution in [2.45, 2.75) is 25.9 Å². The second-order valence-electron chi connectivity index (χ2n) is 4.38. The molecule has 98 valence electrons. The van der Waals surface area contributed by atoms with Crippen LogP contribution in [0, 0.1) is 5.92 Å².